The third kappa shape index (κ3) is 4.05. The first kappa shape index (κ1) is 21.1. The van der Waals surface area contributed by atoms with Crippen molar-refractivity contribution in [2.24, 2.45) is 0 Å². The van der Waals surface area contributed by atoms with Gasteiger partial charge in [-0.1, -0.05) is 41.7 Å². The Labute approximate surface area is 195 Å². The Balaban J connectivity index is 1.60. The molecule has 7 nitrogen and oxygen atoms in total. The molecule has 5 rings (SSSR count). The Morgan fingerprint density at radius 3 is 2.45 bits per heavy atom. The molecule has 3 aromatic carbocycles. The number of carbonyl (C=O) groups excluding carboxylic acids is 1. The molecule has 0 N–H and O–H groups in total. The van der Waals surface area contributed by atoms with Crippen molar-refractivity contribution in [1.29, 1.82) is 0 Å². The van der Waals surface area contributed by atoms with Gasteiger partial charge in [-0.05, 0) is 35.9 Å². The summed E-state index contributed by atoms with van der Waals surface area (Å²) in [5, 5.41) is 0.552. The molecule has 1 aliphatic heterocycles. The molecule has 0 fully saturated rings. The lowest BCUT2D eigenvalue weighted by Gasteiger charge is -2.22. The highest BCUT2D eigenvalue weighted by Gasteiger charge is 2.25. The molecule has 1 aromatic heterocycles. The molecule has 1 aliphatic rings. The number of amides is 1. The number of hydrogen-bond donors (Lipinski definition) is 0. The average molecular weight is 463 g/mol. The van der Waals surface area contributed by atoms with Crippen molar-refractivity contribution >= 4 is 32.6 Å². The molecule has 0 atom stereocenters. The normalized spacial score (nSPS) is 12.4. The quantitative estimate of drug-likeness (QED) is 0.405. The van der Waals surface area contributed by atoms with Crippen LogP contribution in [0.3, 0.4) is 0 Å². The Morgan fingerprint density at radius 2 is 1.70 bits per heavy atom. The summed E-state index contributed by atoms with van der Waals surface area (Å²) in [4.78, 5) is 20.2. The van der Waals surface area contributed by atoms with E-state index in [-0.39, 0.29) is 5.91 Å². The number of anilines is 1. The molecule has 0 saturated carbocycles. The molecule has 0 bridgehead atoms. The van der Waals surface area contributed by atoms with Gasteiger partial charge in [0.05, 0.1) is 20.8 Å². The molecular weight excluding hydrogens is 440 g/mol. The molecule has 0 unspecified atom stereocenters. The summed E-state index contributed by atoms with van der Waals surface area (Å²) in [5.74, 6) is 2.33. The number of nitrogens with zero attached hydrogens (tertiary/aromatic N) is 2. The van der Waals surface area contributed by atoms with Gasteiger partial charge in [-0.2, -0.15) is 0 Å². The Hall–Kier alpha value is -3.78. The summed E-state index contributed by atoms with van der Waals surface area (Å²) in [7, 11) is 3.21. The van der Waals surface area contributed by atoms with E-state index in [0.29, 0.717) is 59.0 Å². The molecule has 33 heavy (non-hydrogen) atoms. The minimum Gasteiger partial charge on any atom is -0.495 e. The summed E-state index contributed by atoms with van der Waals surface area (Å²) >= 11 is 1.39. The SMILES string of the molecule is COc1ccc(OC)c2sc(N(Cc3ccccc3)C(=O)c3ccc4c(c3)OCCO4)nc12. The van der Waals surface area contributed by atoms with E-state index in [1.807, 2.05) is 42.5 Å². The average Bonchev–Trinajstić information content (AvgIpc) is 3.32. The van der Waals surface area contributed by atoms with Gasteiger partial charge in [0.25, 0.3) is 5.91 Å². The van der Waals surface area contributed by atoms with Crippen LogP contribution in [0.2, 0.25) is 0 Å². The fraction of sp³-hybridized carbons (Fsp3) is 0.200. The molecule has 168 valence electrons. The minimum absolute atomic E-state index is 0.187. The summed E-state index contributed by atoms with van der Waals surface area (Å²) < 4.78 is 23.1. The van der Waals surface area contributed by atoms with E-state index in [4.69, 9.17) is 23.9 Å². The van der Waals surface area contributed by atoms with Gasteiger partial charge in [0.15, 0.2) is 16.6 Å². The summed E-state index contributed by atoms with van der Waals surface area (Å²) in [6, 6.07) is 18.7. The van der Waals surface area contributed by atoms with E-state index in [2.05, 4.69) is 0 Å². The number of fused-ring (bicyclic) bond motifs is 2. The largest absolute Gasteiger partial charge is 0.495 e. The van der Waals surface area contributed by atoms with Crippen molar-refractivity contribution in [1.82, 2.24) is 4.98 Å². The van der Waals surface area contributed by atoms with Crippen LogP contribution in [0, 0.1) is 0 Å². The van der Waals surface area contributed by atoms with Crippen molar-refractivity contribution < 1.29 is 23.7 Å². The van der Waals surface area contributed by atoms with Crippen molar-refractivity contribution in [3.63, 3.8) is 0 Å². The zero-order valence-corrected chi connectivity index (χ0v) is 19.1. The highest BCUT2D eigenvalue weighted by atomic mass is 32.1. The second-order valence-corrected chi connectivity index (χ2v) is 8.36. The lowest BCUT2D eigenvalue weighted by atomic mass is 10.1. The van der Waals surface area contributed by atoms with E-state index in [0.717, 1.165) is 10.3 Å². The van der Waals surface area contributed by atoms with E-state index < -0.39 is 0 Å². The van der Waals surface area contributed by atoms with Gasteiger partial charge in [-0.15, -0.1) is 0 Å². The fourth-order valence-corrected chi connectivity index (χ4v) is 4.79. The third-order valence-electron chi connectivity index (χ3n) is 5.35. The van der Waals surface area contributed by atoms with Crippen LogP contribution in [0.25, 0.3) is 10.2 Å². The first-order valence-corrected chi connectivity index (χ1v) is 11.3. The van der Waals surface area contributed by atoms with E-state index >= 15 is 0 Å². The van der Waals surface area contributed by atoms with Crippen LogP contribution in [-0.4, -0.2) is 38.3 Å². The smallest absolute Gasteiger partial charge is 0.260 e. The number of hydrogen-bond acceptors (Lipinski definition) is 7. The van der Waals surface area contributed by atoms with Crippen molar-refractivity contribution in [3.8, 4) is 23.0 Å². The van der Waals surface area contributed by atoms with Gasteiger partial charge in [0, 0.05) is 5.56 Å². The van der Waals surface area contributed by atoms with E-state index in [1.54, 1.807) is 37.3 Å². The summed E-state index contributed by atoms with van der Waals surface area (Å²) in [6.07, 6.45) is 0. The topological polar surface area (TPSA) is 70.1 Å². The second kappa shape index (κ2) is 8.99. The molecule has 1 amide bonds. The number of thiazole rings is 1. The standard InChI is InChI=1S/C25H22N2O5S/c1-29-19-10-11-20(30-2)23-22(19)26-25(33-23)27(15-16-6-4-3-5-7-16)24(28)17-8-9-18-21(14-17)32-13-12-31-18/h3-11,14H,12-13,15H2,1-2H3. The molecule has 0 radical (unpaired) electrons. The van der Waals surface area contributed by atoms with Gasteiger partial charge < -0.3 is 18.9 Å². The number of ether oxygens (including phenoxy) is 4. The predicted molar refractivity (Wildman–Crippen MR) is 127 cm³/mol. The van der Waals surface area contributed by atoms with Crippen LogP contribution in [0.1, 0.15) is 15.9 Å². The lowest BCUT2D eigenvalue weighted by Crippen LogP contribution is -2.30. The second-order valence-electron chi connectivity index (χ2n) is 7.38. The predicted octanol–water partition coefficient (Wildman–Crippen LogP) is 4.93. The summed E-state index contributed by atoms with van der Waals surface area (Å²) in [6.45, 7) is 1.31. The molecule has 8 heteroatoms. The summed E-state index contributed by atoms with van der Waals surface area (Å²) in [5.41, 5.74) is 2.14. The Morgan fingerprint density at radius 1 is 0.970 bits per heavy atom. The first-order valence-electron chi connectivity index (χ1n) is 10.4. The highest BCUT2D eigenvalue weighted by molar-refractivity contribution is 7.22. The number of aromatic nitrogens is 1. The van der Waals surface area contributed by atoms with Crippen LogP contribution in [0.4, 0.5) is 5.13 Å². The molecule has 4 aromatic rings. The van der Waals surface area contributed by atoms with Crippen LogP contribution in [-0.2, 0) is 6.54 Å². The van der Waals surface area contributed by atoms with Gasteiger partial charge in [0.1, 0.15) is 34.9 Å². The highest BCUT2D eigenvalue weighted by Crippen LogP contribution is 2.41. The van der Waals surface area contributed by atoms with Crippen LogP contribution >= 0.6 is 11.3 Å². The lowest BCUT2D eigenvalue weighted by molar-refractivity contribution is 0.0984. The minimum atomic E-state index is -0.187. The fourth-order valence-electron chi connectivity index (χ4n) is 3.71. The van der Waals surface area contributed by atoms with Gasteiger partial charge in [-0.25, -0.2) is 4.98 Å². The molecule has 0 saturated heterocycles. The van der Waals surface area contributed by atoms with Gasteiger partial charge >= 0.3 is 0 Å². The van der Waals surface area contributed by atoms with Crippen LogP contribution < -0.4 is 23.8 Å². The van der Waals surface area contributed by atoms with Crippen molar-refractivity contribution in [2.75, 3.05) is 32.3 Å². The zero-order valence-electron chi connectivity index (χ0n) is 18.2. The first-order chi connectivity index (χ1) is 16.2. The maximum atomic E-state index is 13.8. The van der Waals surface area contributed by atoms with Crippen LogP contribution in [0.15, 0.2) is 60.7 Å². The molecular formula is C25H22N2O5S. The molecule has 0 aliphatic carbocycles. The number of methoxy groups -OCH3 is 2. The van der Waals surface area contributed by atoms with E-state index in [1.165, 1.54) is 11.3 Å². The monoisotopic (exact) mass is 462 g/mol. The number of rotatable bonds is 6. The van der Waals surface area contributed by atoms with Crippen LogP contribution in [0.5, 0.6) is 23.0 Å². The molecule has 0 spiro atoms. The maximum absolute atomic E-state index is 13.8. The zero-order chi connectivity index (χ0) is 22.8. The molecule has 2 heterocycles. The van der Waals surface area contributed by atoms with Gasteiger partial charge in [0.2, 0.25) is 0 Å². The van der Waals surface area contributed by atoms with Crippen molar-refractivity contribution in [3.05, 3.63) is 71.8 Å². The Kier molecular flexibility index (Phi) is 5.75. The van der Waals surface area contributed by atoms with Gasteiger partial charge in [-0.3, -0.25) is 9.69 Å². The van der Waals surface area contributed by atoms with E-state index in [9.17, 15) is 4.79 Å². The van der Waals surface area contributed by atoms with Crippen molar-refractivity contribution in [2.45, 2.75) is 6.54 Å². The number of benzene rings is 3. The maximum Gasteiger partial charge on any atom is 0.260 e. The third-order valence-corrected chi connectivity index (χ3v) is 6.44. The Bertz CT molecular complexity index is 1260. The number of carbonyl (C=O) groups is 1.